The van der Waals surface area contributed by atoms with E-state index in [1.54, 1.807) is 48.5 Å². The van der Waals surface area contributed by atoms with Crippen LogP contribution in [0.25, 0.3) is 5.69 Å². The van der Waals surface area contributed by atoms with E-state index in [-0.39, 0.29) is 23.7 Å². The van der Waals surface area contributed by atoms with Crippen molar-refractivity contribution in [3.63, 3.8) is 0 Å². The number of carbonyl (C=O) groups excluding carboxylic acids is 1. The average molecular weight is 342 g/mol. The number of carbonyl (C=O) groups is 1. The smallest absolute Gasteiger partial charge is 0.255 e. The Hall–Kier alpha value is -2.60. The van der Waals surface area contributed by atoms with E-state index in [2.05, 4.69) is 0 Å². The molecule has 3 rings (SSSR count). The van der Waals surface area contributed by atoms with Crippen molar-refractivity contribution in [2.45, 2.75) is 26.1 Å². The van der Waals surface area contributed by atoms with Crippen LogP contribution >= 0.6 is 0 Å². The molecule has 132 valence electrons. The summed E-state index contributed by atoms with van der Waals surface area (Å²) >= 11 is 0. The van der Waals surface area contributed by atoms with Gasteiger partial charge in [-0.1, -0.05) is 0 Å². The molecule has 0 saturated carbocycles. The van der Waals surface area contributed by atoms with Gasteiger partial charge in [-0.25, -0.2) is 0 Å². The van der Waals surface area contributed by atoms with Crippen molar-refractivity contribution < 1.29 is 14.3 Å². The highest BCUT2D eigenvalue weighted by molar-refractivity contribution is 5.94. The lowest BCUT2D eigenvalue weighted by atomic mass is 10.1. The highest BCUT2D eigenvalue weighted by atomic mass is 16.5. The molecule has 1 amide bonds. The summed E-state index contributed by atoms with van der Waals surface area (Å²) in [7, 11) is 1.59. The number of benzene rings is 1. The van der Waals surface area contributed by atoms with Crippen molar-refractivity contribution >= 4 is 5.91 Å². The number of aromatic nitrogens is 1. The third kappa shape index (κ3) is 3.74. The number of methoxy groups -OCH3 is 1. The lowest BCUT2D eigenvalue weighted by Gasteiger charge is -2.35. The minimum atomic E-state index is -0.189. The second kappa shape index (κ2) is 7.11. The first-order valence-corrected chi connectivity index (χ1v) is 8.30. The van der Waals surface area contributed by atoms with Gasteiger partial charge in [0, 0.05) is 31.0 Å². The molecule has 2 atom stereocenters. The van der Waals surface area contributed by atoms with E-state index in [0.717, 1.165) is 0 Å². The number of nitrogens with zero attached hydrogens (tertiary/aromatic N) is 2. The van der Waals surface area contributed by atoms with E-state index >= 15 is 0 Å². The molecule has 0 unspecified atom stereocenters. The molecule has 2 aromatic rings. The summed E-state index contributed by atoms with van der Waals surface area (Å²) in [5.41, 5.74) is 0.978. The Morgan fingerprint density at radius 1 is 1.08 bits per heavy atom. The van der Waals surface area contributed by atoms with Gasteiger partial charge in [0.2, 0.25) is 0 Å². The number of morpholine rings is 1. The van der Waals surface area contributed by atoms with Crippen LogP contribution in [0, 0.1) is 0 Å². The van der Waals surface area contributed by atoms with Crippen LogP contribution in [-0.2, 0) is 4.74 Å². The van der Waals surface area contributed by atoms with Crippen molar-refractivity contribution in [1.29, 1.82) is 0 Å². The Balaban J connectivity index is 1.90. The van der Waals surface area contributed by atoms with E-state index in [0.29, 0.717) is 30.1 Å². The molecular weight excluding hydrogens is 320 g/mol. The molecule has 0 aliphatic carbocycles. The first-order valence-electron chi connectivity index (χ1n) is 8.30. The number of ether oxygens (including phenoxy) is 2. The fraction of sp³-hybridized carbons (Fsp3) is 0.368. The number of pyridine rings is 1. The lowest BCUT2D eigenvalue weighted by Crippen LogP contribution is -2.48. The maximum absolute atomic E-state index is 12.8. The van der Waals surface area contributed by atoms with E-state index in [1.807, 2.05) is 13.8 Å². The van der Waals surface area contributed by atoms with Gasteiger partial charge in [0.05, 0.1) is 24.9 Å². The SMILES string of the molecule is COc1ccc(-n2cc(C(=O)N3C[C@@H](C)O[C@@H](C)C3)ccc2=O)cc1. The van der Waals surface area contributed by atoms with Crippen molar-refractivity contribution in [3.05, 3.63) is 58.5 Å². The molecule has 1 aromatic heterocycles. The quantitative estimate of drug-likeness (QED) is 0.857. The summed E-state index contributed by atoms with van der Waals surface area (Å²) in [5.74, 6) is 0.615. The molecule has 0 spiro atoms. The number of rotatable bonds is 3. The zero-order valence-corrected chi connectivity index (χ0v) is 14.6. The van der Waals surface area contributed by atoms with Crippen LogP contribution in [0.4, 0.5) is 0 Å². The van der Waals surface area contributed by atoms with Gasteiger partial charge in [-0.05, 0) is 44.2 Å². The molecule has 1 aromatic carbocycles. The molecule has 0 bridgehead atoms. The van der Waals surface area contributed by atoms with Crippen LogP contribution in [0.15, 0.2) is 47.4 Å². The van der Waals surface area contributed by atoms with Gasteiger partial charge < -0.3 is 14.4 Å². The van der Waals surface area contributed by atoms with Gasteiger partial charge in [-0.15, -0.1) is 0 Å². The summed E-state index contributed by atoms with van der Waals surface area (Å²) in [5, 5.41) is 0. The van der Waals surface area contributed by atoms with E-state index in [1.165, 1.54) is 10.6 Å². The van der Waals surface area contributed by atoms with E-state index in [4.69, 9.17) is 9.47 Å². The molecule has 6 nitrogen and oxygen atoms in total. The Morgan fingerprint density at radius 3 is 2.32 bits per heavy atom. The van der Waals surface area contributed by atoms with Gasteiger partial charge >= 0.3 is 0 Å². The molecule has 1 aliphatic rings. The van der Waals surface area contributed by atoms with Crippen molar-refractivity contribution in [2.75, 3.05) is 20.2 Å². The minimum absolute atomic E-state index is 0.000179. The van der Waals surface area contributed by atoms with Crippen LogP contribution < -0.4 is 10.3 Å². The van der Waals surface area contributed by atoms with Crippen LogP contribution in [0.3, 0.4) is 0 Å². The van der Waals surface area contributed by atoms with Gasteiger partial charge in [-0.2, -0.15) is 0 Å². The highest BCUT2D eigenvalue weighted by Crippen LogP contribution is 2.16. The second-order valence-corrected chi connectivity index (χ2v) is 6.29. The normalized spacial score (nSPS) is 20.4. The molecule has 6 heteroatoms. The standard InChI is InChI=1S/C19H22N2O4/c1-13-10-20(11-14(2)25-13)19(23)15-4-9-18(22)21(12-15)16-5-7-17(24-3)8-6-16/h4-9,12-14H,10-11H2,1-3H3/t13-,14+. The first-order chi connectivity index (χ1) is 12.0. The Labute approximate surface area is 146 Å². The predicted octanol–water partition coefficient (Wildman–Crippen LogP) is 2.10. The topological polar surface area (TPSA) is 60.8 Å². The van der Waals surface area contributed by atoms with Gasteiger partial charge in [-0.3, -0.25) is 14.2 Å². The molecular formula is C19H22N2O4. The fourth-order valence-corrected chi connectivity index (χ4v) is 3.08. The zero-order chi connectivity index (χ0) is 18.0. The summed E-state index contributed by atoms with van der Waals surface area (Å²) < 4.78 is 12.3. The third-order valence-corrected chi connectivity index (χ3v) is 4.22. The monoisotopic (exact) mass is 342 g/mol. The third-order valence-electron chi connectivity index (χ3n) is 4.22. The molecule has 0 radical (unpaired) electrons. The summed E-state index contributed by atoms with van der Waals surface area (Å²) in [4.78, 5) is 26.8. The summed E-state index contributed by atoms with van der Waals surface area (Å²) in [6.45, 7) is 5.00. The maximum atomic E-state index is 12.8. The van der Waals surface area contributed by atoms with Crippen LogP contribution in [0.1, 0.15) is 24.2 Å². The number of amides is 1. The van der Waals surface area contributed by atoms with Crippen molar-refractivity contribution in [1.82, 2.24) is 9.47 Å². The number of hydrogen-bond acceptors (Lipinski definition) is 4. The van der Waals surface area contributed by atoms with Gasteiger partial charge in [0.1, 0.15) is 5.75 Å². The van der Waals surface area contributed by atoms with Crippen molar-refractivity contribution in [3.8, 4) is 11.4 Å². The average Bonchev–Trinajstić information content (AvgIpc) is 2.61. The Kier molecular flexibility index (Phi) is 4.90. The molecule has 1 aliphatic heterocycles. The predicted molar refractivity (Wildman–Crippen MR) is 94.5 cm³/mol. The van der Waals surface area contributed by atoms with E-state index in [9.17, 15) is 9.59 Å². The molecule has 1 fully saturated rings. The molecule has 0 N–H and O–H groups in total. The lowest BCUT2D eigenvalue weighted by molar-refractivity contribution is -0.0586. The maximum Gasteiger partial charge on any atom is 0.255 e. The fourth-order valence-electron chi connectivity index (χ4n) is 3.08. The summed E-state index contributed by atoms with van der Waals surface area (Å²) in [6, 6.07) is 10.1. The second-order valence-electron chi connectivity index (χ2n) is 6.29. The molecule has 2 heterocycles. The van der Waals surface area contributed by atoms with Crippen LogP contribution in [0.5, 0.6) is 5.75 Å². The van der Waals surface area contributed by atoms with Crippen molar-refractivity contribution in [2.24, 2.45) is 0 Å². The Morgan fingerprint density at radius 2 is 1.72 bits per heavy atom. The van der Waals surface area contributed by atoms with Gasteiger partial charge in [0.25, 0.3) is 11.5 Å². The molecule has 1 saturated heterocycles. The first kappa shape index (κ1) is 17.2. The van der Waals surface area contributed by atoms with Crippen LogP contribution in [0.2, 0.25) is 0 Å². The Bertz CT molecular complexity index is 803. The van der Waals surface area contributed by atoms with E-state index < -0.39 is 0 Å². The largest absolute Gasteiger partial charge is 0.497 e. The number of hydrogen-bond donors (Lipinski definition) is 0. The zero-order valence-electron chi connectivity index (χ0n) is 14.6. The molecule has 25 heavy (non-hydrogen) atoms. The van der Waals surface area contributed by atoms with Gasteiger partial charge in [0.15, 0.2) is 0 Å². The highest BCUT2D eigenvalue weighted by Gasteiger charge is 2.26. The minimum Gasteiger partial charge on any atom is -0.497 e. The summed E-state index contributed by atoms with van der Waals surface area (Å²) in [6.07, 6.45) is 1.59. The van der Waals surface area contributed by atoms with Crippen LogP contribution in [-0.4, -0.2) is 47.8 Å².